The van der Waals surface area contributed by atoms with Gasteiger partial charge < -0.3 is 10.2 Å². The van der Waals surface area contributed by atoms with Crippen LogP contribution in [-0.2, 0) is 9.59 Å². The molecule has 0 radical (unpaired) electrons. The van der Waals surface area contributed by atoms with Gasteiger partial charge in [0, 0.05) is 11.7 Å². The first-order chi connectivity index (χ1) is 12.8. The average Bonchev–Trinajstić information content (AvgIpc) is 2.64. The fourth-order valence-corrected chi connectivity index (χ4v) is 3.44. The van der Waals surface area contributed by atoms with Crippen LogP contribution in [0, 0.1) is 19.8 Å². The molecular formula is C22H35N3O2. The molecule has 5 nitrogen and oxygen atoms in total. The summed E-state index contributed by atoms with van der Waals surface area (Å²) in [4.78, 5) is 29.5. The summed E-state index contributed by atoms with van der Waals surface area (Å²) in [6.45, 7) is 12.8. The van der Waals surface area contributed by atoms with Crippen LogP contribution in [0.2, 0.25) is 0 Å². The van der Waals surface area contributed by atoms with Crippen molar-refractivity contribution >= 4 is 17.5 Å². The summed E-state index contributed by atoms with van der Waals surface area (Å²) >= 11 is 0. The SMILES string of the molecule is CCC(C)N(CC(=O)Nc1cccc(C)c1C)C(=O)CN1CCC(C)CC1. The monoisotopic (exact) mass is 373 g/mol. The number of anilines is 1. The highest BCUT2D eigenvalue weighted by Crippen LogP contribution is 2.19. The van der Waals surface area contributed by atoms with Crippen molar-refractivity contribution in [2.45, 2.75) is 59.9 Å². The zero-order chi connectivity index (χ0) is 20.0. The predicted octanol–water partition coefficient (Wildman–Crippen LogP) is 3.60. The molecule has 150 valence electrons. The van der Waals surface area contributed by atoms with Crippen LogP contribution in [0.4, 0.5) is 5.69 Å². The van der Waals surface area contributed by atoms with E-state index in [4.69, 9.17) is 0 Å². The number of likely N-dealkylation sites (tertiary alicyclic amines) is 1. The Hall–Kier alpha value is -1.88. The minimum atomic E-state index is -0.135. The van der Waals surface area contributed by atoms with E-state index in [1.54, 1.807) is 4.90 Å². The molecule has 5 heteroatoms. The Morgan fingerprint density at radius 3 is 2.56 bits per heavy atom. The Morgan fingerprint density at radius 2 is 1.93 bits per heavy atom. The molecule has 1 atom stereocenters. The van der Waals surface area contributed by atoms with E-state index in [0.29, 0.717) is 6.54 Å². The van der Waals surface area contributed by atoms with Gasteiger partial charge in [-0.1, -0.05) is 26.0 Å². The fraction of sp³-hybridized carbons (Fsp3) is 0.636. The lowest BCUT2D eigenvalue weighted by molar-refractivity contribution is -0.138. The van der Waals surface area contributed by atoms with Gasteiger partial charge in [-0.15, -0.1) is 0 Å². The Morgan fingerprint density at radius 1 is 1.26 bits per heavy atom. The molecule has 1 aromatic rings. The second-order valence-electron chi connectivity index (χ2n) is 8.03. The minimum Gasteiger partial charge on any atom is -0.330 e. The molecule has 0 aliphatic carbocycles. The van der Waals surface area contributed by atoms with Crippen molar-refractivity contribution in [2.75, 3.05) is 31.5 Å². The lowest BCUT2D eigenvalue weighted by Gasteiger charge is -2.33. The third-order valence-corrected chi connectivity index (χ3v) is 5.87. The third-order valence-electron chi connectivity index (χ3n) is 5.87. The zero-order valence-electron chi connectivity index (χ0n) is 17.5. The van der Waals surface area contributed by atoms with Gasteiger partial charge in [0.1, 0.15) is 6.54 Å². The molecular weight excluding hydrogens is 338 g/mol. The maximum Gasteiger partial charge on any atom is 0.244 e. The Kier molecular flexibility index (Phi) is 7.84. The predicted molar refractivity (Wildman–Crippen MR) is 111 cm³/mol. The van der Waals surface area contributed by atoms with Crippen molar-refractivity contribution in [3.05, 3.63) is 29.3 Å². The fourth-order valence-electron chi connectivity index (χ4n) is 3.44. The topological polar surface area (TPSA) is 52.7 Å². The number of amides is 2. The normalized spacial score (nSPS) is 16.8. The van der Waals surface area contributed by atoms with Gasteiger partial charge in [-0.2, -0.15) is 0 Å². The molecule has 1 aliphatic rings. The van der Waals surface area contributed by atoms with Crippen molar-refractivity contribution in [2.24, 2.45) is 5.92 Å². The van der Waals surface area contributed by atoms with Crippen LogP contribution in [0.3, 0.4) is 0 Å². The average molecular weight is 374 g/mol. The van der Waals surface area contributed by atoms with E-state index >= 15 is 0 Å². The number of aryl methyl sites for hydroxylation is 1. The van der Waals surface area contributed by atoms with Crippen LogP contribution in [0.15, 0.2) is 18.2 Å². The van der Waals surface area contributed by atoms with Gasteiger partial charge in [-0.05, 0) is 76.2 Å². The van der Waals surface area contributed by atoms with E-state index in [1.165, 1.54) is 0 Å². The number of carbonyl (C=O) groups excluding carboxylic acids is 2. The van der Waals surface area contributed by atoms with Crippen LogP contribution in [0.1, 0.15) is 51.2 Å². The van der Waals surface area contributed by atoms with E-state index in [9.17, 15) is 9.59 Å². The molecule has 2 rings (SSSR count). The van der Waals surface area contributed by atoms with Crippen molar-refractivity contribution in [3.8, 4) is 0 Å². The number of rotatable bonds is 7. The number of nitrogens with zero attached hydrogens (tertiary/aromatic N) is 2. The van der Waals surface area contributed by atoms with Crippen LogP contribution < -0.4 is 5.32 Å². The quantitative estimate of drug-likeness (QED) is 0.794. The van der Waals surface area contributed by atoms with E-state index in [2.05, 4.69) is 24.1 Å². The molecule has 1 saturated heterocycles. The van der Waals surface area contributed by atoms with E-state index in [1.807, 2.05) is 39.0 Å². The van der Waals surface area contributed by atoms with E-state index in [-0.39, 0.29) is 24.4 Å². The van der Waals surface area contributed by atoms with Crippen molar-refractivity contribution in [1.82, 2.24) is 9.80 Å². The maximum atomic E-state index is 12.9. The summed E-state index contributed by atoms with van der Waals surface area (Å²) in [5, 5.41) is 2.98. The van der Waals surface area contributed by atoms with Gasteiger partial charge in [0.2, 0.25) is 11.8 Å². The molecule has 2 amide bonds. The largest absolute Gasteiger partial charge is 0.330 e. The molecule has 0 spiro atoms. The second-order valence-corrected chi connectivity index (χ2v) is 8.03. The van der Waals surface area contributed by atoms with Crippen LogP contribution in [0.5, 0.6) is 0 Å². The lowest BCUT2D eigenvalue weighted by Crippen LogP contribution is -2.49. The summed E-state index contributed by atoms with van der Waals surface area (Å²) in [6.07, 6.45) is 3.12. The summed E-state index contributed by atoms with van der Waals surface area (Å²) in [7, 11) is 0. The third kappa shape index (κ3) is 6.06. The first-order valence-corrected chi connectivity index (χ1v) is 10.2. The number of piperidine rings is 1. The number of nitrogens with one attached hydrogen (secondary N) is 1. The number of hydrogen-bond acceptors (Lipinski definition) is 3. The highest BCUT2D eigenvalue weighted by atomic mass is 16.2. The Balaban J connectivity index is 1.99. The summed E-state index contributed by atoms with van der Waals surface area (Å²) < 4.78 is 0. The molecule has 1 heterocycles. The van der Waals surface area contributed by atoms with Gasteiger partial charge in [0.05, 0.1) is 6.54 Å². The molecule has 1 fully saturated rings. The van der Waals surface area contributed by atoms with Crippen molar-refractivity contribution in [1.29, 1.82) is 0 Å². The van der Waals surface area contributed by atoms with E-state index in [0.717, 1.165) is 55.1 Å². The maximum absolute atomic E-state index is 12.9. The minimum absolute atomic E-state index is 0.0468. The molecule has 1 aliphatic heterocycles. The standard InChI is InChI=1S/C22H35N3O2/c1-6-18(4)25(22(27)15-24-12-10-16(2)11-13-24)14-21(26)23-20-9-7-8-17(3)19(20)5/h7-9,16,18H,6,10-15H2,1-5H3,(H,23,26). The molecule has 1 aromatic carbocycles. The Bertz CT molecular complexity index is 651. The van der Waals surface area contributed by atoms with Gasteiger partial charge in [-0.25, -0.2) is 0 Å². The summed E-state index contributed by atoms with van der Waals surface area (Å²) in [5.41, 5.74) is 3.03. The summed E-state index contributed by atoms with van der Waals surface area (Å²) in [5.74, 6) is 0.657. The van der Waals surface area contributed by atoms with Crippen LogP contribution >= 0.6 is 0 Å². The molecule has 0 aromatic heterocycles. The number of carbonyl (C=O) groups is 2. The van der Waals surface area contributed by atoms with Gasteiger partial charge >= 0.3 is 0 Å². The summed E-state index contributed by atoms with van der Waals surface area (Å²) in [6, 6.07) is 5.92. The van der Waals surface area contributed by atoms with Gasteiger partial charge in [0.15, 0.2) is 0 Å². The lowest BCUT2D eigenvalue weighted by atomic mass is 9.99. The molecule has 1 unspecified atom stereocenters. The van der Waals surface area contributed by atoms with Crippen molar-refractivity contribution in [3.63, 3.8) is 0 Å². The number of hydrogen-bond donors (Lipinski definition) is 1. The number of benzene rings is 1. The molecule has 27 heavy (non-hydrogen) atoms. The van der Waals surface area contributed by atoms with Crippen LogP contribution in [-0.4, -0.2) is 53.8 Å². The van der Waals surface area contributed by atoms with Gasteiger partial charge in [-0.3, -0.25) is 14.5 Å². The Labute approximate surface area is 164 Å². The van der Waals surface area contributed by atoms with E-state index < -0.39 is 0 Å². The second kappa shape index (κ2) is 9.88. The first kappa shape index (κ1) is 21.4. The zero-order valence-corrected chi connectivity index (χ0v) is 17.5. The highest BCUT2D eigenvalue weighted by molar-refractivity contribution is 5.95. The highest BCUT2D eigenvalue weighted by Gasteiger charge is 2.25. The van der Waals surface area contributed by atoms with Crippen molar-refractivity contribution < 1.29 is 9.59 Å². The van der Waals surface area contributed by atoms with Crippen LogP contribution in [0.25, 0.3) is 0 Å². The smallest absolute Gasteiger partial charge is 0.244 e. The molecule has 0 bridgehead atoms. The molecule has 0 saturated carbocycles. The molecule has 1 N–H and O–H groups in total. The first-order valence-electron chi connectivity index (χ1n) is 10.2. The van der Waals surface area contributed by atoms with Gasteiger partial charge in [0.25, 0.3) is 0 Å².